The van der Waals surface area contributed by atoms with Crippen LogP contribution in [0, 0.1) is 0 Å². The van der Waals surface area contributed by atoms with Crippen LogP contribution in [-0.2, 0) is 14.4 Å². The zero-order valence-corrected chi connectivity index (χ0v) is 14.6. The van der Waals surface area contributed by atoms with Gasteiger partial charge in [0, 0.05) is 63.0 Å². The summed E-state index contributed by atoms with van der Waals surface area (Å²) in [7, 11) is 0. The fourth-order valence-corrected chi connectivity index (χ4v) is 3.69. The number of amides is 1. The van der Waals surface area contributed by atoms with E-state index in [0.29, 0.717) is 31.6 Å². The molecule has 1 amide bonds. The molecule has 0 bridgehead atoms. The van der Waals surface area contributed by atoms with Gasteiger partial charge in [0.25, 0.3) is 0 Å². The Bertz CT molecular complexity index is 712. The maximum Gasteiger partial charge on any atom is 0.323 e. The lowest BCUT2D eigenvalue weighted by molar-refractivity contribution is -0.137. The van der Waals surface area contributed by atoms with Gasteiger partial charge in [0.05, 0.1) is 0 Å². The number of fused-ring (bicyclic) bond motifs is 1. The molecule has 7 heteroatoms. The molecular weight excluding hydrogens is 322 g/mol. The predicted molar refractivity (Wildman–Crippen MR) is 91.5 cm³/mol. The Morgan fingerprint density at radius 1 is 1.08 bits per heavy atom. The van der Waals surface area contributed by atoms with E-state index in [1.54, 1.807) is 11.8 Å². The third kappa shape index (κ3) is 3.45. The molecule has 1 N–H and O–H groups in total. The van der Waals surface area contributed by atoms with Gasteiger partial charge in [-0.25, -0.2) is 0 Å². The lowest BCUT2D eigenvalue weighted by Crippen LogP contribution is -2.47. The summed E-state index contributed by atoms with van der Waals surface area (Å²) in [5.74, 6) is -0.808. The normalized spacial score (nSPS) is 20.3. The van der Waals surface area contributed by atoms with Crippen molar-refractivity contribution in [2.45, 2.75) is 20.3 Å². The van der Waals surface area contributed by atoms with Crippen molar-refractivity contribution in [2.24, 2.45) is 0 Å². The van der Waals surface area contributed by atoms with Gasteiger partial charge in [0.2, 0.25) is 5.91 Å². The average Bonchev–Trinajstić information content (AvgIpc) is 2.92. The zero-order chi connectivity index (χ0) is 18.1. The highest BCUT2D eigenvalue weighted by atomic mass is 16.4. The van der Waals surface area contributed by atoms with Crippen LogP contribution < -0.4 is 0 Å². The minimum atomic E-state index is -0.903. The van der Waals surface area contributed by atoms with Crippen molar-refractivity contribution in [2.75, 3.05) is 39.3 Å². The molecular formula is C18H23N3O4. The molecule has 0 spiro atoms. The molecule has 1 aliphatic carbocycles. The number of carbonyl (C=O) groups excluding carboxylic acids is 2. The average molecular weight is 345 g/mol. The summed E-state index contributed by atoms with van der Waals surface area (Å²) in [6.45, 7) is 6.33. The van der Waals surface area contributed by atoms with E-state index in [-0.39, 0.29) is 18.2 Å². The van der Waals surface area contributed by atoms with Gasteiger partial charge in [-0.05, 0) is 24.6 Å². The standard InChI is InChI=1S/C18H23N3O4/c1-12(22)16-10-21(11-18(24)25)17-4-3-14(9-15(16)17)20-7-5-19(6-8-20)13(2)23/h3-4H,5-11H2,1-2H3,(H,24,25). The van der Waals surface area contributed by atoms with Crippen molar-refractivity contribution in [3.63, 3.8) is 0 Å². The lowest BCUT2D eigenvalue weighted by Gasteiger charge is -2.38. The Morgan fingerprint density at radius 3 is 2.32 bits per heavy atom. The van der Waals surface area contributed by atoms with Gasteiger partial charge < -0.3 is 19.8 Å². The van der Waals surface area contributed by atoms with Gasteiger partial charge in [0.1, 0.15) is 6.54 Å². The fraction of sp³-hybridized carbons (Fsp3) is 0.500. The van der Waals surface area contributed by atoms with Gasteiger partial charge in [-0.15, -0.1) is 0 Å². The smallest absolute Gasteiger partial charge is 0.323 e. The van der Waals surface area contributed by atoms with Gasteiger partial charge >= 0.3 is 5.97 Å². The largest absolute Gasteiger partial charge is 0.480 e. The molecule has 0 radical (unpaired) electrons. The van der Waals surface area contributed by atoms with Crippen molar-refractivity contribution >= 4 is 17.7 Å². The van der Waals surface area contributed by atoms with Crippen LogP contribution in [0.25, 0.3) is 0 Å². The van der Waals surface area contributed by atoms with Crippen LogP contribution in [0.5, 0.6) is 0 Å². The molecule has 1 saturated heterocycles. The van der Waals surface area contributed by atoms with E-state index in [1.165, 1.54) is 6.92 Å². The Labute approximate surface area is 146 Å². The maximum atomic E-state index is 12.0. The first-order valence-electron chi connectivity index (χ1n) is 8.48. The molecule has 134 valence electrons. The number of carbonyl (C=O) groups is 3. The highest BCUT2D eigenvalue weighted by molar-refractivity contribution is 5.96. The second-order valence-electron chi connectivity index (χ2n) is 6.64. The van der Waals surface area contributed by atoms with E-state index < -0.39 is 5.97 Å². The number of allylic oxidation sites excluding steroid dienone is 4. The fourth-order valence-electron chi connectivity index (χ4n) is 3.69. The SMILES string of the molecule is CC(=O)C1=C2CC(N3CCN(C(C)=O)CC3)=CC=C2N(CC(=O)O)C1. The van der Waals surface area contributed by atoms with Crippen LogP contribution in [0.1, 0.15) is 20.3 Å². The van der Waals surface area contributed by atoms with Gasteiger partial charge in [-0.1, -0.05) is 0 Å². The van der Waals surface area contributed by atoms with E-state index in [0.717, 1.165) is 30.1 Å². The number of hydrogen-bond acceptors (Lipinski definition) is 5. The van der Waals surface area contributed by atoms with Gasteiger partial charge in [0.15, 0.2) is 5.78 Å². The number of hydrogen-bond donors (Lipinski definition) is 1. The number of piperazine rings is 1. The van der Waals surface area contributed by atoms with Crippen LogP contribution in [0.4, 0.5) is 0 Å². The molecule has 0 unspecified atom stereocenters. The first-order valence-corrected chi connectivity index (χ1v) is 8.48. The number of carboxylic acid groups (broad SMARTS) is 1. The number of rotatable bonds is 4. The molecule has 0 aromatic rings. The van der Waals surface area contributed by atoms with Gasteiger partial charge in [-0.3, -0.25) is 14.4 Å². The lowest BCUT2D eigenvalue weighted by atomic mass is 9.96. The number of carboxylic acids is 1. The molecule has 2 heterocycles. The molecule has 0 aromatic carbocycles. The molecule has 25 heavy (non-hydrogen) atoms. The molecule has 1 fully saturated rings. The van der Waals surface area contributed by atoms with Crippen molar-refractivity contribution in [1.82, 2.24) is 14.7 Å². The van der Waals surface area contributed by atoms with Crippen molar-refractivity contribution < 1.29 is 19.5 Å². The maximum absolute atomic E-state index is 12.0. The van der Waals surface area contributed by atoms with E-state index >= 15 is 0 Å². The highest BCUT2D eigenvalue weighted by Crippen LogP contribution is 2.37. The minimum absolute atomic E-state index is 0.00330. The Balaban J connectivity index is 1.79. The molecule has 2 aliphatic heterocycles. The first-order chi connectivity index (χ1) is 11.9. The third-order valence-electron chi connectivity index (χ3n) is 5.04. The van der Waals surface area contributed by atoms with Crippen LogP contribution in [0.3, 0.4) is 0 Å². The minimum Gasteiger partial charge on any atom is -0.480 e. The first kappa shape index (κ1) is 17.3. The number of aliphatic carboxylic acids is 1. The second kappa shape index (κ2) is 6.74. The molecule has 0 aromatic heterocycles. The number of ketones is 1. The predicted octanol–water partition coefficient (Wildman–Crippen LogP) is 0.608. The topological polar surface area (TPSA) is 81.2 Å². The molecule has 0 saturated carbocycles. The van der Waals surface area contributed by atoms with E-state index in [2.05, 4.69) is 4.90 Å². The summed E-state index contributed by atoms with van der Waals surface area (Å²) in [6.07, 6.45) is 4.57. The van der Waals surface area contributed by atoms with E-state index in [4.69, 9.17) is 5.11 Å². The van der Waals surface area contributed by atoms with Crippen molar-refractivity contribution in [3.8, 4) is 0 Å². The summed E-state index contributed by atoms with van der Waals surface area (Å²) in [5.41, 5.74) is 3.62. The summed E-state index contributed by atoms with van der Waals surface area (Å²) in [4.78, 5) is 40.4. The zero-order valence-electron chi connectivity index (χ0n) is 14.6. The van der Waals surface area contributed by atoms with Gasteiger partial charge in [-0.2, -0.15) is 0 Å². The summed E-state index contributed by atoms with van der Waals surface area (Å²) >= 11 is 0. The number of Topliss-reactive ketones (excluding diaryl/α,β-unsaturated/α-hetero) is 1. The summed E-state index contributed by atoms with van der Waals surface area (Å²) < 4.78 is 0. The third-order valence-corrected chi connectivity index (χ3v) is 5.04. The molecule has 7 nitrogen and oxygen atoms in total. The van der Waals surface area contributed by atoms with Crippen LogP contribution in [0.15, 0.2) is 34.7 Å². The summed E-state index contributed by atoms with van der Waals surface area (Å²) in [5, 5.41) is 9.09. The Hall–Kier alpha value is -2.57. The molecule has 3 aliphatic rings. The second-order valence-corrected chi connectivity index (χ2v) is 6.64. The van der Waals surface area contributed by atoms with Crippen molar-refractivity contribution in [1.29, 1.82) is 0 Å². The van der Waals surface area contributed by atoms with E-state index in [9.17, 15) is 14.4 Å². The van der Waals surface area contributed by atoms with Crippen LogP contribution in [-0.4, -0.2) is 76.7 Å². The Morgan fingerprint density at radius 2 is 1.76 bits per heavy atom. The molecule has 3 rings (SSSR count). The monoisotopic (exact) mass is 345 g/mol. The highest BCUT2D eigenvalue weighted by Gasteiger charge is 2.33. The number of nitrogens with zero attached hydrogens (tertiary/aromatic N) is 3. The van der Waals surface area contributed by atoms with Crippen LogP contribution >= 0.6 is 0 Å². The van der Waals surface area contributed by atoms with E-state index in [1.807, 2.05) is 17.1 Å². The van der Waals surface area contributed by atoms with Crippen molar-refractivity contribution in [3.05, 3.63) is 34.7 Å². The quantitative estimate of drug-likeness (QED) is 0.804. The Kier molecular flexibility index (Phi) is 4.65. The van der Waals surface area contributed by atoms with Crippen LogP contribution in [0.2, 0.25) is 0 Å². The summed E-state index contributed by atoms with van der Waals surface area (Å²) in [6, 6.07) is 0. The molecule has 0 atom stereocenters.